The molecular weight excluding hydrogens is 414 g/mol. The van der Waals surface area contributed by atoms with Gasteiger partial charge in [0.2, 0.25) is 0 Å². The average molecular weight is 456 g/mol. The molecule has 2 aromatic rings. The molecule has 0 radical (unpaired) electrons. The van der Waals surface area contributed by atoms with E-state index in [0.29, 0.717) is 5.92 Å². The van der Waals surface area contributed by atoms with Gasteiger partial charge in [-0.25, -0.2) is 9.97 Å². The van der Waals surface area contributed by atoms with E-state index in [2.05, 4.69) is 28.5 Å². The largest absolute Gasteiger partial charge is 0.353 e. The van der Waals surface area contributed by atoms with E-state index in [0.717, 1.165) is 38.4 Å². The highest BCUT2D eigenvalue weighted by atomic mass is 32.1. The van der Waals surface area contributed by atoms with Gasteiger partial charge in [0.25, 0.3) is 0 Å². The van der Waals surface area contributed by atoms with E-state index in [9.17, 15) is 0 Å². The zero-order valence-electron chi connectivity index (χ0n) is 20.2. The van der Waals surface area contributed by atoms with Crippen molar-refractivity contribution < 1.29 is 0 Å². The van der Waals surface area contributed by atoms with Gasteiger partial charge in [-0.15, -0.1) is 11.3 Å². The highest BCUT2D eigenvalue weighted by molar-refractivity contribution is 7.19. The van der Waals surface area contributed by atoms with Crippen molar-refractivity contribution in [1.82, 2.24) is 19.8 Å². The van der Waals surface area contributed by atoms with Crippen molar-refractivity contribution in [1.29, 1.82) is 0 Å². The normalized spacial score (nSPS) is 22.1. The Kier molecular flexibility index (Phi) is 7.30. The number of fused-ring (bicyclic) bond motifs is 3. The number of piperidine rings is 1. The first kappa shape index (κ1) is 22.5. The van der Waals surface area contributed by atoms with Crippen molar-refractivity contribution in [3.8, 4) is 0 Å². The SMILES string of the molecule is CCC(C)c1nc(N2CCN(CCN3CCCCC3)CC2)c2c3c(sc2n1)CCCCC3. The van der Waals surface area contributed by atoms with Gasteiger partial charge in [0.1, 0.15) is 16.5 Å². The summed E-state index contributed by atoms with van der Waals surface area (Å²) in [5, 5.41) is 1.40. The highest BCUT2D eigenvalue weighted by Gasteiger charge is 2.26. The molecule has 32 heavy (non-hydrogen) atoms. The number of anilines is 1. The van der Waals surface area contributed by atoms with Crippen LogP contribution >= 0.6 is 11.3 Å². The maximum atomic E-state index is 5.25. The van der Waals surface area contributed by atoms with Crippen molar-refractivity contribution in [2.75, 3.05) is 57.3 Å². The van der Waals surface area contributed by atoms with Gasteiger partial charge in [-0.2, -0.15) is 0 Å². The van der Waals surface area contributed by atoms with E-state index >= 15 is 0 Å². The van der Waals surface area contributed by atoms with Crippen LogP contribution in [0, 0.1) is 0 Å². The molecule has 2 aliphatic heterocycles. The molecule has 0 N–H and O–H groups in total. The fourth-order valence-electron chi connectivity index (χ4n) is 5.61. The number of aromatic nitrogens is 2. The van der Waals surface area contributed by atoms with Gasteiger partial charge >= 0.3 is 0 Å². The molecule has 1 aliphatic carbocycles. The number of thiophene rings is 1. The van der Waals surface area contributed by atoms with Crippen LogP contribution in [0.15, 0.2) is 0 Å². The third-order valence-corrected chi connectivity index (χ3v) is 9.15. The van der Waals surface area contributed by atoms with Gasteiger partial charge in [-0.1, -0.05) is 26.7 Å². The molecule has 2 aromatic heterocycles. The number of rotatable bonds is 6. The lowest BCUT2D eigenvalue weighted by molar-refractivity contribution is 0.176. The Balaban J connectivity index is 1.35. The van der Waals surface area contributed by atoms with E-state index in [1.165, 1.54) is 93.6 Å². The summed E-state index contributed by atoms with van der Waals surface area (Å²) >= 11 is 1.96. The summed E-state index contributed by atoms with van der Waals surface area (Å²) in [5.41, 5.74) is 1.58. The third kappa shape index (κ3) is 4.83. The number of aryl methyl sites for hydroxylation is 2. The van der Waals surface area contributed by atoms with Crippen molar-refractivity contribution in [2.45, 2.75) is 77.6 Å². The van der Waals surface area contributed by atoms with Crippen LogP contribution in [0.3, 0.4) is 0 Å². The quantitative estimate of drug-likeness (QED) is 0.568. The number of likely N-dealkylation sites (tertiary alicyclic amines) is 1. The predicted molar refractivity (Wildman–Crippen MR) is 136 cm³/mol. The molecule has 6 heteroatoms. The topological polar surface area (TPSA) is 35.5 Å². The zero-order valence-corrected chi connectivity index (χ0v) is 21.1. The smallest absolute Gasteiger partial charge is 0.141 e. The molecule has 2 saturated heterocycles. The lowest BCUT2D eigenvalue weighted by Crippen LogP contribution is -2.49. The molecule has 0 saturated carbocycles. The first-order valence-electron chi connectivity index (χ1n) is 13.2. The second-order valence-corrected chi connectivity index (χ2v) is 11.3. The molecule has 3 aliphatic rings. The van der Waals surface area contributed by atoms with Crippen LogP contribution in [0.2, 0.25) is 0 Å². The highest BCUT2D eigenvalue weighted by Crippen LogP contribution is 2.40. The molecule has 0 aromatic carbocycles. The van der Waals surface area contributed by atoms with Crippen LogP contribution in [0.25, 0.3) is 10.2 Å². The maximum absolute atomic E-state index is 5.25. The second-order valence-electron chi connectivity index (χ2n) is 10.2. The molecule has 0 bridgehead atoms. The number of piperazine rings is 1. The van der Waals surface area contributed by atoms with Crippen molar-refractivity contribution in [3.05, 3.63) is 16.3 Å². The predicted octanol–water partition coefficient (Wildman–Crippen LogP) is 5.08. The van der Waals surface area contributed by atoms with Gasteiger partial charge in [-0.3, -0.25) is 4.90 Å². The molecular formula is C26H41N5S. The Bertz CT molecular complexity index is 895. The Morgan fingerprint density at radius 2 is 1.50 bits per heavy atom. The summed E-state index contributed by atoms with van der Waals surface area (Å²) in [5.74, 6) is 2.73. The molecule has 5 nitrogen and oxygen atoms in total. The number of hydrogen-bond acceptors (Lipinski definition) is 6. The number of hydrogen-bond donors (Lipinski definition) is 0. The molecule has 4 heterocycles. The average Bonchev–Trinajstić information content (AvgIpc) is 3.03. The Morgan fingerprint density at radius 1 is 0.812 bits per heavy atom. The molecule has 0 amide bonds. The van der Waals surface area contributed by atoms with E-state index < -0.39 is 0 Å². The lowest BCUT2D eigenvalue weighted by Gasteiger charge is -2.37. The van der Waals surface area contributed by atoms with Gasteiger partial charge in [0, 0.05) is 50.1 Å². The minimum Gasteiger partial charge on any atom is -0.353 e. The van der Waals surface area contributed by atoms with Crippen LogP contribution in [-0.2, 0) is 12.8 Å². The van der Waals surface area contributed by atoms with E-state index in [1.54, 1.807) is 10.4 Å². The van der Waals surface area contributed by atoms with Crippen LogP contribution in [-0.4, -0.2) is 72.1 Å². The van der Waals surface area contributed by atoms with Gasteiger partial charge < -0.3 is 9.80 Å². The fourth-order valence-corrected chi connectivity index (χ4v) is 6.87. The lowest BCUT2D eigenvalue weighted by atomic mass is 10.1. The van der Waals surface area contributed by atoms with Crippen molar-refractivity contribution in [2.24, 2.45) is 0 Å². The Hall–Kier alpha value is -1.24. The van der Waals surface area contributed by atoms with Crippen LogP contribution in [0.4, 0.5) is 5.82 Å². The van der Waals surface area contributed by atoms with Crippen LogP contribution < -0.4 is 4.90 Å². The standard InChI is InChI=1S/C26H41N5S/c1-3-20(2)24-27-25(23-21-10-6-4-7-11-22(21)32-26(23)28-24)31-18-16-30(17-19-31)15-14-29-12-8-5-9-13-29/h20H,3-19H2,1-2H3. The minimum absolute atomic E-state index is 0.422. The van der Waals surface area contributed by atoms with Crippen molar-refractivity contribution >= 4 is 27.4 Å². The minimum atomic E-state index is 0.422. The molecule has 0 spiro atoms. The van der Waals surface area contributed by atoms with Crippen molar-refractivity contribution in [3.63, 3.8) is 0 Å². The molecule has 1 atom stereocenters. The summed E-state index contributed by atoms with van der Waals surface area (Å²) in [6.45, 7) is 14.1. The third-order valence-electron chi connectivity index (χ3n) is 7.97. The Labute approximate surface area is 198 Å². The molecule has 176 valence electrons. The molecule has 5 rings (SSSR count). The Morgan fingerprint density at radius 3 is 2.25 bits per heavy atom. The molecule has 2 fully saturated rings. The number of nitrogens with zero attached hydrogens (tertiary/aromatic N) is 5. The van der Waals surface area contributed by atoms with Crippen LogP contribution in [0.1, 0.15) is 81.0 Å². The second kappa shape index (κ2) is 10.4. The van der Waals surface area contributed by atoms with Gasteiger partial charge in [-0.05, 0) is 63.6 Å². The van der Waals surface area contributed by atoms with E-state index in [-0.39, 0.29) is 0 Å². The zero-order chi connectivity index (χ0) is 21.9. The van der Waals surface area contributed by atoms with Crippen LogP contribution in [0.5, 0.6) is 0 Å². The van der Waals surface area contributed by atoms with E-state index in [4.69, 9.17) is 9.97 Å². The van der Waals surface area contributed by atoms with E-state index in [1.807, 2.05) is 11.3 Å². The summed E-state index contributed by atoms with van der Waals surface area (Å²) in [6.07, 6.45) is 11.8. The summed E-state index contributed by atoms with van der Waals surface area (Å²) in [7, 11) is 0. The maximum Gasteiger partial charge on any atom is 0.141 e. The summed E-state index contributed by atoms with van der Waals surface area (Å²) in [6, 6.07) is 0. The summed E-state index contributed by atoms with van der Waals surface area (Å²) < 4.78 is 0. The molecule has 1 unspecified atom stereocenters. The first-order chi connectivity index (χ1) is 15.7. The van der Waals surface area contributed by atoms with Gasteiger partial charge in [0.15, 0.2) is 0 Å². The summed E-state index contributed by atoms with van der Waals surface area (Å²) in [4.78, 5) is 21.1. The fraction of sp³-hybridized carbons (Fsp3) is 0.769. The monoisotopic (exact) mass is 455 g/mol. The first-order valence-corrected chi connectivity index (χ1v) is 14.1. The van der Waals surface area contributed by atoms with Gasteiger partial charge in [0.05, 0.1) is 5.39 Å².